The Labute approximate surface area is 117 Å². The monoisotopic (exact) mass is 268 g/mol. The second-order valence-corrected chi connectivity index (χ2v) is 5.45. The molecule has 0 spiro atoms. The number of rotatable bonds is 5. The maximum atomic E-state index is 5.19. The molecule has 5 heteroatoms. The van der Waals surface area contributed by atoms with Crippen LogP contribution in [0.25, 0.3) is 0 Å². The van der Waals surface area contributed by atoms with Gasteiger partial charge >= 0.3 is 0 Å². The van der Waals surface area contributed by atoms with Gasteiger partial charge in [0.15, 0.2) is 5.96 Å². The van der Waals surface area contributed by atoms with Crippen molar-refractivity contribution >= 4 is 5.96 Å². The molecule has 0 aromatic carbocycles. The van der Waals surface area contributed by atoms with Crippen LogP contribution in [-0.2, 0) is 4.74 Å². The molecule has 1 atom stereocenters. The highest BCUT2D eigenvalue weighted by molar-refractivity contribution is 5.80. The maximum Gasteiger partial charge on any atom is 0.193 e. The topological polar surface area (TPSA) is 40.1 Å². The van der Waals surface area contributed by atoms with Crippen LogP contribution in [0.5, 0.6) is 0 Å². The lowest BCUT2D eigenvalue weighted by atomic mass is 10.2. The SMILES string of the molecule is CN=C(NCC1CCCN1CCOC)N1CCCC1. The van der Waals surface area contributed by atoms with Crippen LogP contribution in [0, 0.1) is 0 Å². The Morgan fingerprint density at radius 2 is 2.05 bits per heavy atom. The van der Waals surface area contributed by atoms with Gasteiger partial charge < -0.3 is 15.0 Å². The zero-order valence-electron chi connectivity index (χ0n) is 12.4. The normalized spacial score (nSPS) is 25.3. The maximum absolute atomic E-state index is 5.19. The molecule has 0 amide bonds. The Morgan fingerprint density at radius 1 is 1.26 bits per heavy atom. The van der Waals surface area contributed by atoms with Crippen LogP contribution in [-0.4, -0.2) is 75.3 Å². The summed E-state index contributed by atoms with van der Waals surface area (Å²) in [5, 5.41) is 3.55. The van der Waals surface area contributed by atoms with E-state index in [-0.39, 0.29) is 0 Å². The number of nitrogens with one attached hydrogen (secondary N) is 1. The van der Waals surface area contributed by atoms with Crippen molar-refractivity contribution in [3.63, 3.8) is 0 Å². The molecule has 2 heterocycles. The second-order valence-electron chi connectivity index (χ2n) is 5.45. The number of guanidine groups is 1. The number of hydrogen-bond donors (Lipinski definition) is 1. The van der Waals surface area contributed by atoms with Crippen molar-refractivity contribution in [1.29, 1.82) is 0 Å². The van der Waals surface area contributed by atoms with E-state index in [4.69, 9.17) is 4.74 Å². The number of hydrogen-bond acceptors (Lipinski definition) is 3. The van der Waals surface area contributed by atoms with Gasteiger partial charge in [0.25, 0.3) is 0 Å². The van der Waals surface area contributed by atoms with Crippen molar-refractivity contribution in [3.8, 4) is 0 Å². The Bertz CT molecular complexity index is 289. The van der Waals surface area contributed by atoms with Gasteiger partial charge in [-0.15, -0.1) is 0 Å². The molecule has 0 bridgehead atoms. The molecule has 2 rings (SSSR count). The summed E-state index contributed by atoms with van der Waals surface area (Å²) < 4.78 is 5.19. The van der Waals surface area contributed by atoms with Gasteiger partial charge in [0.05, 0.1) is 6.61 Å². The average Bonchev–Trinajstić information content (AvgIpc) is 3.08. The number of nitrogens with zero attached hydrogens (tertiary/aromatic N) is 3. The molecule has 19 heavy (non-hydrogen) atoms. The summed E-state index contributed by atoms with van der Waals surface area (Å²) in [6.07, 6.45) is 5.18. The summed E-state index contributed by atoms with van der Waals surface area (Å²) in [5.41, 5.74) is 0. The molecule has 2 fully saturated rings. The van der Waals surface area contributed by atoms with Crippen molar-refractivity contribution in [2.75, 3.05) is 53.5 Å². The fourth-order valence-electron chi connectivity index (χ4n) is 3.10. The number of likely N-dealkylation sites (tertiary alicyclic amines) is 2. The third-order valence-electron chi connectivity index (χ3n) is 4.19. The highest BCUT2D eigenvalue weighted by Crippen LogP contribution is 2.16. The predicted molar refractivity (Wildman–Crippen MR) is 78.6 cm³/mol. The fraction of sp³-hybridized carbons (Fsp3) is 0.929. The third kappa shape index (κ3) is 4.08. The van der Waals surface area contributed by atoms with E-state index in [9.17, 15) is 0 Å². The Hall–Kier alpha value is -0.810. The van der Waals surface area contributed by atoms with E-state index >= 15 is 0 Å². The first kappa shape index (κ1) is 14.6. The van der Waals surface area contributed by atoms with Crippen molar-refractivity contribution in [3.05, 3.63) is 0 Å². The van der Waals surface area contributed by atoms with Crippen LogP contribution >= 0.6 is 0 Å². The lowest BCUT2D eigenvalue weighted by molar-refractivity contribution is 0.141. The second kappa shape index (κ2) is 7.70. The van der Waals surface area contributed by atoms with Crippen molar-refractivity contribution in [1.82, 2.24) is 15.1 Å². The molecule has 5 nitrogen and oxygen atoms in total. The first-order chi connectivity index (χ1) is 9.35. The lowest BCUT2D eigenvalue weighted by Gasteiger charge is -2.27. The van der Waals surface area contributed by atoms with Gasteiger partial charge in [0, 0.05) is 46.4 Å². The summed E-state index contributed by atoms with van der Waals surface area (Å²) >= 11 is 0. The van der Waals surface area contributed by atoms with E-state index in [1.165, 1.54) is 32.2 Å². The summed E-state index contributed by atoms with van der Waals surface area (Å²) in [6.45, 7) is 6.39. The molecule has 0 aromatic rings. The first-order valence-electron chi connectivity index (χ1n) is 7.53. The summed E-state index contributed by atoms with van der Waals surface area (Å²) in [5.74, 6) is 1.08. The fourth-order valence-corrected chi connectivity index (χ4v) is 3.10. The molecule has 0 saturated carbocycles. The van der Waals surface area contributed by atoms with E-state index in [0.29, 0.717) is 6.04 Å². The minimum Gasteiger partial charge on any atom is -0.383 e. The standard InChI is InChI=1S/C14H28N4O/c1-15-14(18-7-3-4-8-18)16-12-13-6-5-9-17(13)10-11-19-2/h13H,3-12H2,1-2H3,(H,15,16). The summed E-state index contributed by atoms with van der Waals surface area (Å²) in [4.78, 5) is 9.31. The van der Waals surface area contributed by atoms with Crippen LogP contribution in [0.15, 0.2) is 4.99 Å². The summed E-state index contributed by atoms with van der Waals surface area (Å²) in [7, 11) is 3.66. The molecule has 0 radical (unpaired) electrons. The minimum absolute atomic E-state index is 0.634. The highest BCUT2D eigenvalue weighted by atomic mass is 16.5. The third-order valence-corrected chi connectivity index (χ3v) is 4.19. The smallest absolute Gasteiger partial charge is 0.193 e. The molecule has 0 aliphatic carbocycles. The Kier molecular flexibility index (Phi) is 5.92. The zero-order chi connectivity index (χ0) is 13.5. The van der Waals surface area contributed by atoms with Gasteiger partial charge in [-0.1, -0.05) is 0 Å². The van der Waals surface area contributed by atoms with Crippen LogP contribution in [0.1, 0.15) is 25.7 Å². The zero-order valence-corrected chi connectivity index (χ0v) is 12.4. The van der Waals surface area contributed by atoms with Gasteiger partial charge in [-0.2, -0.15) is 0 Å². The number of aliphatic imine (C=N–C) groups is 1. The van der Waals surface area contributed by atoms with E-state index in [1.54, 1.807) is 7.11 Å². The molecule has 110 valence electrons. The summed E-state index contributed by atoms with van der Waals surface area (Å²) in [6, 6.07) is 0.634. The Balaban J connectivity index is 1.76. The largest absolute Gasteiger partial charge is 0.383 e. The molecule has 2 saturated heterocycles. The van der Waals surface area contributed by atoms with Gasteiger partial charge in [-0.05, 0) is 32.2 Å². The minimum atomic E-state index is 0.634. The van der Waals surface area contributed by atoms with Crippen LogP contribution in [0.2, 0.25) is 0 Å². The van der Waals surface area contributed by atoms with E-state index in [0.717, 1.165) is 38.7 Å². The molecule has 1 N–H and O–H groups in total. The molecular weight excluding hydrogens is 240 g/mol. The molecule has 2 aliphatic rings. The molecular formula is C14H28N4O. The van der Waals surface area contributed by atoms with Gasteiger partial charge in [0.1, 0.15) is 0 Å². The van der Waals surface area contributed by atoms with Gasteiger partial charge in [-0.3, -0.25) is 9.89 Å². The predicted octanol–water partition coefficient (Wildman–Crippen LogP) is 0.768. The van der Waals surface area contributed by atoms with E-state index in [2.05, 4.69) is 20.1 Å². The van der Waals surface area contributed by atoms with Gasteiger partial charge in [-0.25, -0.2) is 0 Å². The van der Waals surface area contributed by atoms with Crippen LogP contribution < -0.4 is 5.32 Å². The number of methoxy groups -OCH3 is 1. The van der Waals surface area contributed by atoms with Crippen LogP contribution in [0.4, 0.5) is 0 Å². The van der Waals surface area contributed by atoms with Gasteiger partial charge in [0.2, 0.25) is 0 Å². The Morgan fingerprint density at radius 3 is 2.74 bits per heavy atom. The molecule has 2 aliphatic heterocycles. The van der Waals surface area contributed by atoms with Crippen molar-refractivity contribution in [2.45, 2.75) is 31.7 Å². The van der Waals surface area contributed by atoms with Crippen molar-refractivity contribution < 1.29 is 4.74 Å². The average molecular weight is 268 g/mol. The van der Waals surface area contributed by atoms with E-state index in [1.807, 2.05) is 7.05 Å². The van der Waals surface area contributed by atoms with Crippen molar-refractivity contribution in [2.24, 2.45) is 4.99 Å². The molecule has 0 aromatic heterocycles. The van der Waals surface area contributed by atoms with Crippen LogP contribution in [0.3, 0.4) is 0 Å². The number of ether oxygens (including phenoxy) is 1. The molecule has 1 unspecified atom stereocenters. The first-order valence-corrected chi connectivity index (χ1v) is 7.53. The highest BCUT2D eigenvalue weighted by Gasteiger charge is 2.25. The van der Waals surface area contributed by atoms with E-state index < -0.39 is 0 Å². The quantitative estimate of drug-likeness (QED) is 0.590. The lowest BCUT2D eigenvalue weighted by Crippen LogP contribution is -2.46.